The third kappa shape index (κ3) is 2.61. The third-order valence-corrected chi connectivity index (χ3v) is 2.50. The van der Waals surface area contributed by atoms with E-state index >= 15 is 0 Å². The van der Waals surface area contributed by atoms with Crippen LogP contribution in [0.1, 0.15) is 6.92 Å². The van der Waals surface area contributed by atoms with Gasteiger partial charge in [0.2, 0.25) is 0 Å². The molecule has 0 aliphatic rings. The molecule has 0 spiro atoms. The lowest BCUT2D eigenvalue weighted by Crippen LogP contribution is -2.30. The number of nitrogens with one attached hydrogen (secondary N) is 1. The van der Waals surface area contributed by atoms with Crippen molar-refractivity contribution in [1.29, 1.82) is 0 Å². The predicted molar refractivity (Wildman–Crippen MR) is 38.8 cm³/mol. The lowest BCUT2D eigenvalue weighted by molar-refractivity contribution is 0.181. The number of rotatable bonds is 3. The topological polar surface area (TPSA) is 32.3 Å². The molecular weight excluding hydrogens is 121 g/mol. The van der Waals surface area contributed by atoms with Gasteiger partial charge in [0.15, 0.2) is 0 Å². The van der Waals surface area contributed by atoms with E-state index in [1.165, 1.54) is 0 Å². The molecule has 3 atom stereocenters. The summed E-state index contributed by atoms with van der Waals surface area (Å²) < 4.78 is 0. The third-order valence-electron chi connectivity index (χ3n) is 1.10. The highest BCUT2D eigenvalue weighted by Gasteiger charge is 2.07. The van der Waals surface area contributed by atoms with Gasteiger partial charge in [-0.05, 0) is 20.6 Å². The van der Waals surface area contributed by atoms with Crippen LogP contribution < -0.4 is 5.32 Å². The molecule has 0 aliphatic carbocycles. The monoisotopic (exact) mass is 135 g/mol. The second-order valence-corrected chi connectivity index (χ2v) is 2.99. The molecular formula is C5H14NOP. The Bertz CT molecular complexity index is 54.4. The Hall–Kier alpha value is 0.350. The summed E-state index contributed by atoms with van der Waals surface area (Å²) in [6.45, 7) is 3.88. The first kappa shape index (κ1) is 8.35. The maximum Gasteiger partial charge on any atom is 0.0702 e. The SMILES string of the molecule is CNC(PC)C(C)O. The van der Waals surface area contributed by atoms with Crippen molar-refractivity contribution < 1.29 is 5.11 Å². The molecule has 0 amide bonds. The molecule has 0 aromatic rings. The lowest BCUT2D eigenvalue weighted by Gasteiger charge is -2.15. The van der Waals surface area contributed by atoms with Crippen molar-refractivity contribution in [2.24, 2.45) is 0 Å². The van der Waals surface area contributed by atoms with Crippen LogP contribution in [0.4, 0.5) is 0 Å². The van der Waals surface area contributed by atoms with E-state index in [2.05, 4.69) is 12.0 Å². The fraction of sp³-hybridized carbons (Fsp3) is 1.00. The van der Waals surface area contributed by atoms with Gasteiger partial charge in [0.1, 0.15) is 0 Å². The molecule has 0 radical (unpaired) electrons. The lowest BCUT2D eigenvalue weighted by atomic mass is 10.4. The van der Waals surface area contributed by atoms with Gasteiger partial charge >= 0.3 is 0 Å². The second kappa shape index (κ2) is 4.25. The first-order chi connectivity index (χ1) is 3.72. The van der Waals surface area contributed by atoms with Gasteiger partial charge in [-0.15, -0.1) is 8.58 Å². The second-order valence-electron chi connectivity index (χ2n) is 1.80. The minimum Gasteiger partial charge on any atom is -0.391 e. The average Bonchev–Trinajstić information content (AvgIpc) is 1.69. The van der Waals surface area contributed by atoms with Crippen molar-refractivity contribution in [2.75, 3.05) is 13.7 Å². The molecule has 0 fully saturated rings. The predicted octanol–water partition coefficient (Wildman–Crippen LogP) is 0.221. The maximum absolute atomic E-state index is 8.96. The molecule has 50 valence electrons. The zero-order valence-electron chi connectivity index (χ0n) is 5.60. The first-order valence-electron chi connectivity index (χ1n) is 2.75. The standard InChI is InChI=1S/C5H14NOP/c1-4(7)5(6-2)8-3/h4-8H,1-3H3. The highest BCUT2D eigenvalue weighted by atomic mass is 31.1. The van der Waals surface area contributed by atoms with Crippen LogP contribution in [0.5, 0.6) is 0 Å². The number of aliphatic hydroxyl groups excluding tert-OH is 1. The fourth-order valence-electron chi connectivity index (χ4n) is 0.627. The summed E-state index contributed by atoms with van der Waals surface area (Å²) in [7, 11) is 2.64. The normalized spacial score (nSPS) is 19.5. The number of aliphatic hydroxyl groups is 1. The Labute approximate surface area is 52.5 Å². The molecule has 0 saturated carbocycles. The van der Waals surface area contributed by atoms with Crippen LogP contribution in [0.2, 0.25) is 0 Å². The van der Waals surface area contributed by atoms with E-state index in [9.17, 15) is 0 Å². The molecule has 0 bridgehead atoms. The maximum atomic E-state index is 8.96. The molecule has 2 N–H and O–H groups in total. The van der Waals surface area contributed by atoms with E-state index in [0.717, 1.165) is 8.58 Å². The van der Waals surface area contributed by atoms with Gasteiger partial charge in [0.25, 0.3) is 0 Å². The minimum atomic E-state index is -0.219. The van der Waals surface area contributed by atoms with Crippen LogP contribution in [0.15, 0.2) is 0 Å². The van der Waals surface area contributed by atoms with Gasteiger partial charge in [-0.2, -0.15) is 0 Å². The minimum absolute atomic E-state index is 0.219. The molecule has 0 rings (SSSR count). The van der Waals surface area contributed by atoms with Crippen molar-refractivity contribution in [1.82, 2.24) is 5.32 Å². The summed E-state index contributed by atoms with van der Waals surface area (Å²) in [6.07, 6.45) is -0.219. The van der Waals surface area contributed by atoms with Crippen LogP contribution in [-0.2, 0) is 0 Å². The molecule has 3 heteroatoms. The molecule has 2 nitrogen and oxygen atoms in total. The number of hydrogen-bond donors (Lipinski definition) is 2. The summed E-state index contributed by atoms with van der Waals surface area (Å²) in [5.74, 6) is 0.287. The van der Waals surface area contributed by atoms with Gasteiger partial charge in [-0.25, -0.2) is 0 Å². The van der Waals surface area contributed by atoms with Crippen LogP contribution in [0, 0.1) is 0 Å². The van der Waals surface area contributed by atoms with Gasteiger partial charge in [0.05, 0.1) is 6.10 Å². The van der Waals surface area contributed by atoms with Crippen molar-refractivity contribution in [3.8, 4) is 0 Å². The van der Waals surface area contributed by atoms with E-state index < -0.39 is 0 Å². The summed E-state index contributed by atoms with van der Waals surface area (Å²) >= 11 is 0. The van der Waals surface area contributed by atoms with Crippen LogP contribution in [0.25, 0.3) is 0 Å². The van der Waals surface area contributed by atoms with Gasteiger partial charge in [-0.3, -0.25) is 0 Å². The molecule has 0 heterocycles. The van der Waals surface area contributed by atoms with E-state index in [1.807, 2.05) is 7.05 Å². The fourth-order valence-corrected chi connectivity index (χ4v) is 1.40. The van der Waals surface area contributed by atoms with Crippen LogP contribution in [0.3, 0.4) is 0 Å². The molecule has 3 unspecified atom stereocenters. The van der Waals surface area contributed by atoms with Gasteiger partial charge in [0, 0.05) is 5.78 Å². The highest BCUT2D eigenvalue weighted by Crippen LogP contribution is 2.13. The average molecular weight is 135 g/mol. The number of hydrogen-bond acceptors (Lipinski definition) is 2. The molecule has 0 saturated heterocycles. The largest absolute Gasteiger partial charge is 0.391 e. The van der Waals surface area contributed by atoms with Gasteiger partial charge < -0.3 is 10.4 Å². The molecule has 8 heavy (non-hydrogen) atoms. The van der Waals surface area contributed by atoms with E-state index in [0.29, 0.717) is 0 Å². The van der Waals surface area contributed by atoms with Crippen LogP contribution >= 0.6 is 8.58 Å². The highest BCUT2D eigenvalue weighted by molar-refractivity contribution is 7.37. The summed E-state index contributed by atoms with van der Waals surface area (Å²) in [4.78, 5) is 0. The quantitative estimate of drug-likeness (QED) is 0.542. The van der Waals surface area contributed by atoms with E-state index in [4.69, 9.17) is 5.11 Å². The number of likely N-dealkylation sites (N-methyl/N-ethyl adjacent to an activating group) is 1. The Morgan fingerprint density at radius 2 is 2.12 bits per heavy atom. The van der Waals surface area contributed by atoms with Gasteiger partial charge in [-0.1, -0.05) is 0 Å². The van der Waals surface area contributed by atoms with Crippen molar-refractivity contribution >= 4 is 8.58 Å². The summed E-state index contributed by atoms with van der Waals surface area (Å²) in [5, 5.41) is 12.0. The Morgan fingerprint density at radius 3 is 2.12 bits per heavy atom. The molecule has 0 aliphatic heterocycles. The van der Waals surface area contributed by atoms with Crippen molar-refractivity contribution in [3.63, 3.8) is 0 Å². The molecule has 0 aromatic heterocycles. The first-order valence-corrected chi connectivity index (χ1v) is 4.32. The summed E-state index contributed by atoms with van der Waals surface area (Å²) in [5.41, 5.74) is 0. The van der Waals surface area contributed by atoms with Crippen molar-refractivity contribution in [3.05, 3.63) is 0 Å². The Balaban J connectivity index is 3.35. The summed E-state index contributed by atoms with van der Waals surface area (Å²) in [6, 6.07) is 0. The van der Waals surface area contributed by atoms with E-state index in [1.54, 1.807) is 6.92 Å². The van der Waals surface area contributed by atoms with E-state index in [-0.39, 0.29) is 11.9 Å². The Kier molecular flexibility index (Phi) is 4.44. The smallest absolute Gasteiger partial charge is 0.0702 e. The zero-order valence-corrected chi connectivity index (χ0v) is 6.60. The van der Waals surface area contributed by atoms with Crippen LogP contribution in [-0.4, -0.2) is 30.7 Å². The Morgan fingerprint density at radius 1 is 1.62 bits per heavy atom. The zero-order chi connectivity index (χ0) is 6.57. The van der Waals surface area contributed by atoms with Crippen molar-refractivity contribution in [2.45, 2.75) is 18.8 Å². The molecule has 0 aromatic carbocycles.